The Morgan fingerprint density at radius 3 is 2.67 bits per heavy atom. The number of ether oxygens (including phenoxy) is 1. The number of carbonyl (C=O) groups excluding carboxylic acids is 1. The monoisotopic (exact) mass is 401 g/mol. The highest BCUT2D eigenvalue weighted by Gasteiger charge is 2.31. The fourth-order valence-corrected chi connectivity index (χ4v) is 3.93. The Hall–Kier alpha value is -3.41. The van der Waals surface area contributed by atoms with Crippen LogP contribution in [0.1, 0.15) is 46.2 Å². The fraction of sp³-hybridized carbons (Fsp3) is 0.292. The van der Waals surface area contributed by atoms with Gasteiger partial charge >= 0.3 is 0 Å². The van der Waals surface area contributed by atoms with Crippen molar-refractivity contribution in [3.8, 4) is 22.8 Å². The van der Waals surface area contributed by atoms with Crippen molar-refractivity contribution in [1.29, 1.82) is 0 Å². The zero-order valence-corrected chi connectivity index (χ0v) is 16.8. The molecule has 0 spiro atoms. The molecule has 2 heterocycles. The van der Waals surface area contributed by atoms with E-state index >= 15 is 0 Å². The summed E-state index contributed by atoms with van der Waals surface area (Å²) in [5.74, 6) is 2.22. The van der Waals surface area contributed by atoms with Gasteiger partial charge in [-0.25, -0.2) is 9.97 Å². The van der Waals surface area contributed by atoms with Gasteiger partial charge in [-0.15, -0.1) is 0 Å². The SMILES string of the molecule is COc1cccc(C(=O)N2CCc3nc(C4CC4)nc(-c4ccc(O)cc4)c3C2)c1. The summed E-state index contributed by atoms with van der Waals surface area (Å²) >= 11 is 0. The van der Waals surface area contributed by atoms with Gasteiger partial charge in [0.1, 0.15) is 17.3 Å². The number of hydrogen-bond acceptors (Lipinski definition) is 5. The molecule has 30 heavy (non-hydrogen) atoms. The van der Waals surface area contributed by atoms with Crippen LogP contribution in [-0.4, -0.2) is 39.5 Å². The molecule has 152 valence electrons. The van der Waals surface area contributed by atoms with E-state index in [1.165, 1.54) is 0 Å². The maximum atomic E-state index is 13.2. The van der Waals surface area contributed by atoms with Gasteiger partial charge in [-0.05, 0) is 55.3 Å². The number of aromatic nitrogens is 2. The van der Waals surface area contributed by atoms with Crippen LogP contribution < -0.4 is 4.74 Å². The predicted molar refractivity (Wildman–Crippen MR) is 113 cm³/mol. The topological polar surface area (TPSA) is 75.5 Å². The van der Waals surface area contributed by atoms with Crippen LogP contribution in [0.4, 0.5) is 0 Å². The molecule has 0 radical (unpaired) electrons. The third-order valence-corrected chi connectivity index (χ3v) is 5.76. The molecular formula is C24H23N3O3. The molecule has 1 aliphatic heterocycles. The highest BCUT2D eigenvalue weighted by molar-refractivity contribution is 5.94. The van der Waals surface area contributed by atoms with E-state index < -0.39 is 0 Å². The van der Waals surface area contributed by atoms with Crippen LogP contribution in [0.5, 0.6) is 11.5 Å². The molecule has 0 saturated heterocycles. The van der Waals surface area contributed by atoms with Gasteiger partial charge in [0.25, 0.3) is 5.91 Å². The van der Waals surface area contributed by atoms with Gasteiger partial charge in [0.05, 0.1) is 18.5 Å². The molecule has 5 rings (SSSR count). The number of methoxy groups -OCH3 is 1. The lowest BCUT2D eigenvalue weighted by Crippen LogP contribution is -2.37. The van der Waals surface area contributed by atoms with Crippen molar-refractivity contribution >= 4 is 5.91 Å². The lowest BCUT2D eigenvalue weighted by atomic mass is 9.98. The van der Waals surface area contributed by atoms with Crippen molar-refractivity contribution in [2.24, 2.45) is 0 Å². The first-order valence-corrected chi connectivity index (χ1v) is 10.2. The number of amides is 1. The minimum absolute atomic E-state index is 0.0255. The normalized spacial score (nSPS) is 15.6. The van der Waals surface area contributed by atoms with E-state index in [0.29, 0.717) is 36.7 Å². The van der Waals surface area contributed by atoms with E-state index in [1.807, 2.05) is 35.2 Å². The Kier molecular flexibility index (Phi) is 4.62. The van der Waals surface area contributed by atoms with E-state index in [9.17, 15) is 9.90 Å². The molecule has 0 bridgehead atoms. The molecular weight excluding hydrogens is 378 g/mol. The maximum Gasteiger partial charge on any atom is 0.254 e. The lowest BCUT2D eigenvalue weighted by molar-refractivity contribution is 0.0733. The Morgan fingerprint density at radius 2 is 1.93 bits per heavy atom. The van der Waals surface area contributed by atoms with Crippen molar-refractivity contribution in [3.63, 3.8) is 0 Å². The molecule has 0 atom stereocenters. The van der Waals surface area contributed by atoms with Crippen molar-refractivity contribution in [2.45, 2.75) is 31.7 Å². The summed E-state index contributed by atoms with van der Waals surface area (Å²) in [6, 6.07) is 14.3. The van der Waals surface area contributed by atoms with Gasteiger partial charge in [-0.2, -0.15) is 0 Å². The molecule has 1 amide bonds. The molecule has 1 saturated carbocycles. The van der Waals surface area contributed by atoms with E-state index in [1.54, 1.807) is 25.3 Å². The van der Waals surface area contributed by atoms with Crippen molar-refractivity contribution in [3.05, 3.63) is 71.2 Å². The predicted octanol–water partition coefficient (Wildman–Crippen LogP) is 3.93. The first-order chi connectivity index (χ1) is 14.6. The second kappa shape index (κ2) is 7.44. The van der Waals surface area contributed by atoms with Gasteiger partial charge in [-0.1, -0.05) is 6.07 Å². The van der Waals surface area contributed by atoms with E-state index in [-0.39, 0.29) is 11.7 Å². The standard InChI is InChI=1S/C24H23N3O3/c1-30-19-4-2-3-17(13-19)24(29)27-12-11-21-20(14-27)22(15-7-9-18(28)10-8-15)26-23(25-21)16-5-6-16/h2-4,7-10,13,16,28H,5-6,11-12,14H2,1H3. The highest BCUT2D eigenvalue weighted by atomic mass is 16.5. The van der Waals surface area contributed by atoms with E-state index in [2.05, 4.69) is 0 Å². The lowest BCUT2D eigenvalue weighted by Gasteiger charge is -2.30. The van der Waals surface area contributed by atoms with Crippen LogP contribution >= 0.6 is 0 Å². The van der Waals surface area contributed by atoms with Gasteiger partial charge < -0.3 is 14.7 Å². The number of fused-ring (bicyclic) bond motifs is 1. The average Bonchev–Trinajstić information content (AvgIpc) is 3.64. The largest absolute Gasteiger partial charge is 0.508 e. The minimum atomic E-state index is -0.0255. The molecule has 2 aromatic carbocycles. The summed E-state index contributed by atoms with van der Waals surface area (Å²) in [4.78, 5) is 24.7. The number of benzene rings is 2. The number of carbonyl (C=O) groups is 1. The van der Waals surface area contributed by atoms with E-state index in [4.69, 9.17) is 14.7 Å². The Morgan fingerprint density at radius 1 is 1.13 bits per heavy atom. The zero-order chi connectivity index (χ0) is 20.7. The number of aromatic hydroxyl groups is 1. The van der Waals surface area contributed by atoms with Crippen LogP contribution in [0.2, 0.25) is 0 Å². The maximum absolute atomic E-state index is 13.2. The summed E-state index contributed by atoms with van der Waals surface area (Å²) in [6.45, 7) is 1.09. The van der Waals surface area contributed by atoms with Crippen LogP contribution in [0.3, 0.4) is 0 Å². The van der Waals surface area contributed by atoms with Crippen LogP contribution in [-0.2, 0) is 13.0 Å². The van der Waals surface area contributed by atoms with E-state index in [0.717, 1.165) is 41.2 Å². The summed E-state index contributed by atoms with van der Waals surface area (Å²) in [5, 5.41) is 9.68. The molecule has 1 N–H and O–H groups in total. The second-order valence-electron chi connectivity index (χ2n) is 7.89. The molecule has 0 unspecified atom stereocenters. The molecule has 6 nitrogen and oxygen atoms in total. The van der Waals surface area contributed by atoms with Crippen molar-refractivity contribution < 1.29 is 14.6 Å². The second-order valence-corrected chi connectivity index (χ2v) is 7.89. The first-order valence-electron chi connectivity index (χ1n) is 10.2. The molecule has 1 aromatic heterocycles. The zero-order valence-electron chi connectivity index (χ0n) is 16.8. The van der Waals surface area contributed by atoms with Crippen LogP contribution in [0.25, 0.3) is 11.3 Å². The van der Waals surface area contributed by atoms with Crippen molar-refractivity contribution in [1.82, 2.24) is 14.9 Å². The number of hydrogen-bond donors (Lipinski definition) is 1. The Bertz CT molecular complexity index is 1110. The number of rotatable bonds is 4. The average molecular weight is 401 g/mol. The minimum Gasteiger partial charge on any atom is -0.508 e. The summed E-state index contributed by atoms with van der Waals surface area (Å²) in [6.07, 6.45) is 2.97. The summed E-state index contributed by atoms with van der Waals surface area (Å²) in [7, 11) is 1.60. The summed E-state index contributed by atoms with van der Waals surface area (Å²) < 4.78 is 5.27. The van der Waals surface area contributed by atoms with Crippen LogP contribution in [0.15, 0.2) is 48.5 Å². The first kappa shape index (κ1) is 18.6. The molecule has 1 fully saturated rings. The van der Waals surface area contributed by atoms with Gasteiger partial charge in [-0.3, -0.25) is 4.79 Å². The summed E-state index contributed by atoms with van der Waals surface area (Å²) in [5.41, 5.74) is 4.44. The third kappa shape index (κ3) is 3.49. The van der Waals surface area contributed by atoms with Gasteiger partial charge in [0.2, 0.25) is 0 Å². The quantitative estimate of drug-likeness (QED) is 0.717. The smallest absolute Gasteiger partial charge is 0.254 e. The third-order valence-electron chi connectivity index (χ3n) is 5.76. The number of phenolic OH excluding ortho intramolecular Hbond substituents is 1. The molecule has 1 aliphatic carbocycles. The molecule has 6 heteroatoms. The molecule has 2 aliphatic rings. The van der Waals surface area contributed by atoms with Gasteiger partial charge in [0, 0.05) is 42.1 Å². The Balaban J connectivity index is 1.51. The fourth-order valence-electron chi connectivity index (χ4n) is 3.93. The highest BCUT2D eigenvalue weighted by Crippen LogP contribution is 2.40. The van der Waals surface area contributed by atoms with Crippen LogP contribution in [0, 0.1) is 0 Å². The van der Waals surface area contributed by atoms with Crippen molar-refractivity contribution in [2.75, 3.05) is 13.7 Å². The molecule has 3 aromatic rings. The number of phenols is 1. The van der Waals surface area contributed by atoms with Gasteiger partial charge in [0.15, 0.2) is 0 Å². The Labute approximate surface area is 175 Å². The number of nitrogens with zero attached hydrogens (tertiary/aromatic N) is 3.